The van der Waals surface area contributed by atoms with E-state index in [9.17, 15) is 9.59 Å². The average molecular weight is 329 g/mol. The van der Waals surface area contributed by atoms with Crippen molar-refractivity contribution in [3.05, 3.63) is 35.4 Å². The Hall–Kier alpha value is -1.88. The average Bonchev–Trinajstić information content (AvgIpc) is 2.78. The summed E-state index contributed by atoms with van der Waals surface area (Å²) in [5.41, 5.74) is 1.77. The Balaban J connectivity index is 1.70. The molecule has 2 aliphatic rings. The molecule has 5 nitrogen and oxygen atoms in total. The number of hydrogen-bond acceptors (Lipinski definition) is 3. The molecule has 24 heavy (non-hydrogen) atoms. The molecule has 0 bridgehead atoms. The summed E-state index contributed by atoms with van der Waals surface area (Å²) in [6, 6.07) is 7.95. The van der Waals surface area contributed by atoms with Gasteiger partial charge in [-0.3, -0.25) is 9.69 Å². The molecule has 1 saturated carbocycles. The van der Waals surface area contributed by atoms with Crippen LogP contribution < -0.4 is 5.32 Å². The highest BCUT2D eigenvalue weighted by Crippen LogP contribution is 2.38. The zero-order valence-corrected chi connectivity index (χ0v) is 14.8. The number of carbonyl (C=O) groups excluding carboxylic acids is 2. The minimum absolute atomic E-state index is 0.0451. The fourth-order valence-corrected chi connectivity index (χ4v) is 3.99. The molecular weight excluding hydrogens is 302 g/mol. The summed E-state index contributed by atoms with van der Waals surface area (Å²) in [6.45, 7) is 5.20. The summed E-state index contributed by atoms with van der Waals surface area (Å²) < 4.78 is 0. The quantitative estimate of drug-likeness (QED) is 0.864. The van der Waals surface area contributed by atoms with Gasteiger partial charge in [0, 0.05) is 6.54 Å². The number of amides is 3. The number of benzene rings is 1. The van der Waals surface area contributed by atoms with E-state index in [1.54, 1.807) is 0 Å². The van der Waals surface area contributed by atoms with Crippen LogP contribution >= 0.6 is 0 Å². The lowest BCUT2D eigenvalue weighted by molar-refractivity contribution is -0.135. The molecule has 1 spiro atoms. The summed E-state index contributed by atoms with van der Waals surface area (Å²) in [6.07, 6.45) is 3.90. The number of carbonyl (C=O) groups is 2. The Kier molecular flexibility index (Phi) is 4.63. The van der Waals surface area contributed by atoms with Crippen molar-refractivity contribution in [1.82, 2.24) is 15.1 Å². The van der Waals surface area contributed by atoms with E-state index >= 15 is 0 Å². The Morgan fingerprint density at radius 1 is 1.29 bits per heavy atom. The van der Waals surface area contributed by atoms with Gasteiger partial charge in [0.1, 0.15) is 5.54 Å². The molecule has 5 heteroatoms. The van der Waals surface area contributed by atoms with Gasteiger partial charge in [-0.2, -0.15) is 0 Å². The molecule has 1 N–H and O–H groups in total. The van der Waals surface area contributed by atoms with Crippen LogP contribution in [0.3, 0.4) is 0 Å². The topological polar surface area (TPSA) is 52.6 Å². The highest BCUT2D eigenvalue weighted by atomic mass is 16.2. The lowest BCUT2D eigenvalue weighted by Gasteiger charge is -2.37. The normalized spacial score (nSPS) is 27.2. The number of imide groups is 1. The second kappa shape index (κ2) is 6.55. The third-order valence-corrected chi connectivity index (χ3v) is 5.59. The number of nitrogens with one attached hydrogen (secondary N) is 1. The molecule has 0 radical (unpaired) electrons. The highest BCUT2D eigenvalue weighted by Gasteiger charge is 2.54. The van der Waals surface area contributed by atoms with Crippen molar-refractivity contribution in [2.24, 2.45) is 5.92 Å². The van der Waals surface area contributed by atoms with Gasteiger partial charge in [0.05, 0.1) is 6.67 Å². The fourth-order valence-electron chi connectivity index (χ4n) is 3.99. The molecule has 1 saturated heterocycles. The van der Waals surface area contributed by atoms with Crippen molar-refractivity contribution in [1.29, 1.82) is 0 Å². The van der Waals surface area contributed by atoms with Crippen LogP contribution in [0.25, 0.3) is 0 Å². The Bertz CT molecular complexity index is 645. The van der Waals surface area contributed by atoms with Gasteiger partial charge >= 0.3 is 6.03 Å². The third-order valence-electron chi connectivity index (χ3n) is 5.59. The molecule has 1 aliphatic carbocycles. The van der Waals surface area contributed by atoms with Crippen molar-refractivity contribution in [3.63, 3.8) is 0 Å². The first-order chi connectivity index (χ1) is 11.4. The monoisotopic (exact) mass is 329 g/mol. The van der Waals surface area contributed by atoms with Gasteiger partial charge in [0.15, 0.2) is 0 Å². The summed E-state index contributed by atoms with van der Waals surface area (Å²) in [5, 5.41) is 3.01. The summed E-state index contributed by atoms with van der Waals surface area (Å²) in [5.74, 6) is 0.158. The molecular formula is C19H27N3O2. The lowest BCUT2D eigenvalue weighted by Crippen LogP contribution is -2.54. The van der Waals surface area contributed by atoms with E-state index in [0.717, 1.165) is 25.7 Å². The van der Waals surface area contributed by atoms with Crippen LogP contribution in [-0.4, -0.2) is 41.0 Å². The van der Waals surface area contributed by atoms with Gasteiger partial charge < -0.3 is 5.32 Å². The molecule has 0 aromatic heterocycles. The van der Waals surface area contributed by atoms with Gasteiger partial charge in [0.2, 0.25) is 0 Å². The van der Waals surface area contributed by atoms with Gasteiger partial charge in [-0.25, -0.2) is 9.69 Å². The first kappa shape index (κ1) is 17.0. The van der Waals surface area contributed by atoms with Crippen LogP contribution in [-0.2, 0) is 11.3 Å². The van der Waals surface area contributed by atoms with Crippen LogP contribution in [0.4, 0.5) is 4.79 Å². The second-order valence-electron chi connectivity index (χ2n) is 7.36. The lowest BCUT2D eigenvalue weighted by atomic mass is 9.73. The van der Waals surface area contributed by atoms with E-state index in [4.69, 9.17) is 0 Å². The van der Waals surface area contributed by atoms with E-state index in [1.807, 2.05) is 24.1 Å². The minimum Gasteiger partial charge on any atom is -0.323 e. The smallest absolute Gasteiger partial charge is 0.323 e. The Labute approximate surface area is 144 Å². The van der Waals surface area contributed by atoms with Crippen molar-refractivity contribution >= 4 is 11.9 Å². The first-order valence-electron chi connectivity index (χ1n) is 8.81. The summed E-state index contributed by atoms with van der Waals surface area (Å²) >= 11 is 0. The molecule has 1 aromatic carbocycles. The second-order valence-corrected chi connectivity index (χ2v) is 7.36. The molecule has 2 unspecified atom stereocenters. The minimum atomic E-state index is -0.668. The Morgan fingerprint density at radius 2 is 2.04 bits per heavy atom. The molecule has 2 atom stereocenters. The number of aryl methyl sites for hydroxylation is 1. The van der Waals surface area contributed by atoms with Crippen molar-refractivity contribution < 1.29 is 9.59 Å². The van der Waals surface area contributed by atoms with Crippen molar-refractivity contribution in [2.45, 2.75) is 51.6 Å². The largest absolute Gasteiger partial charge is 0.326 e. The van der Waals surface area contributed by atoms with Gasteiger partial charge in [-0.1, -0.05) is 44.0 Å². The standard InChI is InChI=1S/C19H27N3O2/c1-14-8-4-5-10-16(14)12-21(3)13-22-17(23)19(20-18(22)24)11-7-6-9-15(19)2/h4-5,8,10,15H,6-7,9,11-13H2,1-3H3,(H,20,24). The molecule has 2 fully saturated rings. The van der Waals surface area contributed by atoms with E-state index in [0.29, 0.717) is 13.2 Å². The zero-order valence-electron chi connectivity index (χ0n) is 14.8. The highest BCUT2D eigenvalue weighted by molar-refractivity contribution is 6.07. The van der Waals surface area contributed by atoms with Gasteiger partial charge in [-0.05, 0) is 43.9 Å². The van der Waals surface area contributed by atoms with Crippen molar-refractivity contribution in [2.75, 3.05) is 13.7 Å². The maximum atomic E-state index is 13.0. The van der Waals surface area contributed by atoms with Crippen LogP contribution in [0, 0.1) is 12.8 Å². The van der Waals surface area contributed by atoms with E-state index in [1.165, 1.54) is 16.0 Å². The van der Waals surface area contributed by atoms with Gasteiger partial charge in [-0.15, -0.1) is 0 Å². The number of hydrogen-bond donors (Lipinski definition) is 1. The summed E-state index contributed by atoms with van der Waals surface area (Å²) in [4.78, 5) is 28.8. The van der Waals surface area contributed by atoms with E-state index in [2.05, 4.69) is 31.3 Å². The van der Waals surface area contributed by atoms with Crippen LogP contribution in [0.5, 0.6) is 0 Å². The molecule has 3 amide bonds. The van der Waals surface area contributed by atoms with Crippen LogP contribution in [0.1, 0.15) is 43.7 Å². The first-order valence-corrected chi connectivity index (χ1v) is 8.81. The maximum absolute atomic E-state index is 13.0. The maximum Gasteiger partial charge on any atom is 0.326 e. The molecule has 1 aliphatic heterocycles. The van der Waals surface area contributed by atoms with Crippen LogP contribution in [0.15, 0.2) is 24.3 Å². The predicted octanol–water partition coefficient (Wildman–Crippen LogP) is 2.89. The Morgan fingerprint density at radius 3 is 2.75 bits per heavy atom. The van der Waals surface area contributed by atoms with Gasteiger partial charge in [0.25, 0.3) is 5.91 Å². The summed E-state index contributed by atoms with van der Waals surface area (Å²) in [7, 11) is 1.95. The third kappa shape index (κ3) is 2.93. The number of rotatable bonds is 4. The van der Waals surface area contributed by atoms with E-state index < -0.39 is 5.54 Å². The molecule has 1 heterocycles. The molecule has 130 valence electrons. The SMILES string of the molecule is Cc1ccccc1CN(C)CN1C(=O)NC2(CCCCC2C)C1=O. The van der Waals surface area contributed by atoms with Crippen LogP contribution in [0.2, 0.25) is 0 Å². The van der Waals surface area contributed by atoms with E-state index in [-0.39, 0.29) is 17.9 Å². The predicted molar refractivity (Wildman–Crippen MR) is 93.3 cm³/mol. The molecule has 3 rings (SSSR count). The molecule has 1 aromatic rings. The number of nitrogens with zero attached hydrogens (tertiary/aromatic N) is 2. The number of urea groups is 1. The van der Waals surface area contributed by atoms with Crippen molar-refractivity contribution in [3.8, 4) is 0 Å². The fraction of sp³-hybridized carbons (Fsp3) is 0.579. The zero-order chi connectivity index (χ0) is 17.3.